The fourth-order valence-corrected chi connectivity index (χ4v) is 2.51. The van der Waals surface area contributed by atoms with Crippen molar-refractivity contribution >= 4 is 11.7 Å². The van der Waals surface area contributed by atoms with Crippen LogP contribution in [0.15, 0.2) is 54.6 Å². The zero-order valence-corrected chi connectivity index (χ0v) is 11.2. The van der Waals surface area contributed by atoms with Crippen LogP contribution in [0, 0.1) is 0 Å². The van der Waals surface area contributed by atoms with Gasteiger partial charge in [0, 0.05) is 17.6 Å². The summed E-state index contributed by atoms with van der Waals surface area (Å²) in [5.74, 6) is -0.889. The number of carbonyl (C=O) groups is 1. The van der Waals surface area contributed by atoms with E-state index in [0.717, 1.165) is 12.2 Å². The van der Waals surface area contributed by atoms with Gasteiger partial charge < -0.3 is 10.4 Å². The van der Waals surface area contributed by atoms with Gasteiger partial charge in [-0.3, -0.25) is 0 Å². The summed E-state index contributed by atoms with van der Waals surface area (Å²) in [5.41, 5.74) is 2.93. The number of anilines is 1. The molecule has 2 aromatic rings. The highest BCUT2D eigenvalue weighted by molar-refractivity contribution is 5.88. The first-order valence-electron chi connectivity index (χ1n) is 6.82. The average molecular weight is 267 g/mol. The van der Waals surface area contributed by atoms with Crippen LogP contribution in [-0.2, 0) is 5.41 Å². The molecule has 1 aliphatic carbocycles. The van der Waals surface area contributed by atoms with Crippen molar-refractivity contribution in [1.29, 1.82) is 0 Å². The van der Waals surface area contributed by atoms with E-state index in [4.69, 9.17) is 5.11 Å². The maximum atomic E-state index is 10.8. The van der Waals surface area contributed by atoms with Crippen molar-refractivity contribution in [3.8, 4) is 0 Å². The number of benzene rings is 2. The predicted molar refractivity (Wildman–Crippen MR) is 79.2 cm³/mol. The first-order chi connectivity index (χ1) is 9.70. The number of hydrogen-bond acceptors (Lipinski definition) is 2. The molecule has 2 aromatic carbocycles. The van der Waals surface area contributed by atoms with Gasteiger partial charge in [0.05, 0.1) is 5.56 Å². The van der Waals surface area contributed by atoms with Gasteiger partial charge in [-0.05, 0) is 42.7 Å². The summed E-state index contributed by atoms with van der Waals surface area (Å²) in [6.45, 7) is 0.892. The smallest absolute Gasteiger partial charge is 0.335 e. The minimum atomic E-state index is -0.889. The summed E-state index contributed by atoms with van der Waals surface area (Å²) in [6.07, 6.45) is 2.41. The van der Waals surface area contributed by atoms with E-state index in [0.29, 0.717) is 5.56 Å². The molecular weight excluding hydrogens is 250 g/mol. The van der Waals surface area contributed by atoms with E-state index in [1.165, 1.54) is 18.4 Å². The molecule has 0 amide bonds. The quantitative estimate of drug-likeness (QED) is 0.871. The third-order valence-corrected chi connectivity index (χ3v) is 4.00. The summed E-state index contributed by atoms with van der Waals surface area (Å²) in [6, 6.07) is 17.5. The maximum absolute atomic E-state index is 10.8. The van der Waals surface area contributed by atoms with Crippen molar-refractivity contribution in [2.75, 3.05) is 11.9 Å². The standard InChI is InChI=1S/C17H17NO2/c19-16(20)13-6-8-15(9-7-13)18-12-17(10-11-17)14-4-2-1-3-5-14/h1-9,18H,10-12H2,(H,19,20). The minimum Gasteiger partial charge on any atom is -0.478 e. The van der Waals surface area contributed by atoms with Crippen molar-refractivity contribution in [1.82, 2.24) is 0 Å². The normalized spacial score (nSPS) is 15.6. The summed E-state index contributed by atoms with van der Waals surface area (Å²) >= 11 is 0. The van der Waals surface area contributed by atoms with Gasteiger partial charge in [-0.2, -0.15) is 0 Å². The van der Waals surface area contributed by atoms with Gasteiger partial charge in [0.2, 0.25) is 0 Å². The first-order valence-corrected chi connectivity index (χ1v) is 6.82. The molecule has 3 nitrogen and oxygen atoms in total. The number of rotatable bonds is 5. The molecule has 0 saturated heterocycles. The van der Waals surface area contributed by atoms with Gasteiger partial charge in [-0.25, -0.2) is 4.79 Å². The van der Waals surface area contributed by atoms with Crippen LogP contribution >= 0.6 is 0 Å². The molecule has 2 N–H and O–H groups in total. The third kappa shape index (κ3) is 2.52. The molecule has 1 fully saturated rings. The van der Waals surface area contributed by atoms with E-state index in [-0.39, 0.29) is 5.41 Å². The lowest BCUT2D eigenvalue weighted by molar-refractivity contribution is 0.0697. The lowest BCUT2D eigenvalue weighted by atomic mass is 9.96. The Hall–Kier alpha value is -2.29. The molecule has 0 aromatic heterocycles. The van der Waals surface area contributed by atoms with E-state index in [9.17, 15) is 4.79 Å². The van der Waals surface area contributed by atoms with E-state index < -0.39 is 5.97 Å². The zero-order valence-electron chi connectivity index (χ0n) is 11.2. The SMILES string of the molecule is O=C(O)c1ccc(NCC2(c3ccccc3)CC2)cc1. The third-order valence-electron chi connectivity index (χ3n) is 4.00. The number of carboxylic acids is 1. The van der Waals surface area contributed by atoms with E-state index in [1.54, 1.807) is 12.1 Å². The van der Waals surface area contributed by atoms with Crippen LogP contribution in [0.5, 0.6) is 0 Å². The van der Waals surface area contributed by atoms with E-state index in [1.807, 2.05) is 18.2 Å². The second-order valence-electron chi connectivity index (χ2n) is 5.38. The van der Waals surface area contributed by atoms with Crippen molar-refractivity contribution < 1.29 is 9.90 Å². The number of nitrogens with one attached hydrogen (secondary N) is 1. The molecule has 0 unspecified atom stereocenters. The molecule has 0 radical (unpaired) electrons. The minimum absolute atomic E-state index is 0.257. The van der Waals surface area contributed by atoms with Crippen molar-refractivity contribution in [3.63, 3.8) is 0 Å². The van der Waals surface area contributed by atoms with Crippen LogP contribution in [0.2, 0.25) is 0 Å². The Morgan fingerprint density at radius 2 is 1.70 bits per heavy atom. The molecule has 1 aliphatic rings. The fraction of sp³-hybridized carbons (Fsp3) is 0.235. The van der Waals surface area contributed by atoms with E-state index in [2.05, 4.69) is 29.6 Å². The monoisotopic (exact) mass is 267 g/mol. The largest absolute Gasteiger partial charge is 0.478 e. The Morgan fingerprint density at radius 3 is 2.25 bits per heavy atom. The zero-order chi connectivity index (χ0) is 14.0. The molecule has 102 valence electrons. The Bertz CT molecular complexity index is 601. The van der Waals surface area contributed by atoms with Crippen LogP contribution in [-0.4, -0.2) is 17.6 Å². The van der Waals surface area contributed by atoms with Crippen LogP contribution < -0.4 is 5.32 Å². The summed E-state index contributed by atoms with van der Waals surface area (Å²) in [7, 11) is 0. The van der Waals surface area contributed by atoms with Gasteiger partial charge in [0.25, 0.3) is 0 Å². The van der Waals surface area contributed by atoms with Crippen molar-refractivity contribution in [2.24, 2.45) is 0 Å². The van der Waals surface area contributed by atoms with Gasteiger partial charge in [0.15, 0.2) is 0 Å². The van der Waals surface area contributed by atoms with Crippen LogP contribution in [0.4, 0.5) is 5.69 Å². The van der Waals surface area contributed by atoms with Crippen molar-refractivity contribution in [2.45, 2.75) is 18.3 Å². The lowest BCUT2D eigenvalue weighted by Gasteiger charge is -2.17. The summed E-state index contributed by atoms with van der Waals surface area (Å²) in [4.78, 5) is 10.8. The van der Waals surface area contributed by atoms with E-state index >= 15 is 0 Å². The Kier molecular flexibility index (Phi) is 3.18. The highest BCUT2D eigenvalue weighted by atomic mass is 16.4. The summed E-state index contributed by atoms with van der Waals surface area (Å²) in [5, 5.41) is 12.3. The molecule has 0 heterocycles. The predicted octanol–water partition coefficient (Wildman–Crippen LogP) is 3.53. The molecular formula is C17H17NO2. The van der Waals surface area contributed by atoms with Crippen LogP contribution in [0.3, 0.4) is 0 Å². The number of hydrogen-bond donors (Lipinski definition) is 2. The molecule has 0 spiro atoms. The molecule has 20 heavy (non-hydrogen) atoms. The Morgan fingerprint density at radius 1 is 1.05 bits per heavy atom. The topological polar surface area (TPSA) is 49.3 Å². The second kappa shape index (κ2) is 5.00. The highest BCUT2D eigenvalue weighted by Crippen LogP contribution is 2.48. The lowest BCUT2D eigenvalue weighted by Crippen LogP contribution is -2.19. The highest BCUT2D eigenvalue weighted by Gasteiger charge is 2.43. The molecule has 0 bridgehead atoms. The molecule has 1 saturated carbocycles. The van der Waals surface area contributed by atoms with Gasteiger partial charge in [-0.15, -0.1) is 0 Å². The average Bonchev–Trinajstić information content (AvgIpc) is 3.28. The van der Waals surface area contributed by atoms with Crippen molar-refractivity contribution in [3.05, 3.63) is 65.7 Å². The molecule has 0 aliphatic heterocycles. The number of carboxylic acid groups (broad SMARTS) is 1. The van der Waals surface area contributed by atoms with Crippen LogP contribution in [0.25, 0.3) is 0 Å². The molecule has 3 heteroatoms. The van der Waals surface area contributed by atoms with Gasteiger partial charge in [0.1, 0.15) is 0 Å². The first kappa shape index (κ1) is 12.7. The number of aromatic carboxylic acids is 1. The molecule has 3 rings (SSSR count). The van der Waals surface area contributed by atoms with Gasteiger partial charge >= 0.3 is 5.97 Å². The Labute approximate surface area is 118 Å². The second-order valence-corrected chi connectivity index (χ2v) is 5.38. The van der Waals surface area contributed by atoms with Gasteiger partial charge in [-0.1, -0.05) is 30.3 Å². The van der Waals surface area contributed by atoms with Crippen LogP contribution in [0.1, 0.15) is 28.8 Å². The molecule has 0 atom stereocenters. The summed E-state index contributed by atoms with van der Waals surface area (Å²) < 4.78 is 0. The fourth-order valence-electron chi connectivity index (χ4n) is 2.51. The Balaban J connectivity index is 1.66. The maximum Gasteiger partial charge on any atom is 0.335 e.